The van der Waals surface area contributed by atoms with Crippen molar-refractivity contribution in [2.24, 2.45) is 0 Å². The molecule has 5 rings (SSSR count). The van der Waals surface area contributed by atoms with Crippen molar-refractivity contribution >= 4 is 11.9 Å². The van der Waals surface area contributed by atoms with Crippen LogP contribution in [0.5, 0.6) is 11.5 Å². The highest BCUT2D eigenvalue weighted by molar-refractivity contribution is 5.93. The predicted molar refractivity (Wildman–Crippen MR) is 117 cm³/mol. The highest BCUT2D eigenvalue weighted by atomic mass is 16.8. The van der Waals surface area contributed by atoms with Crippen molar-refractivity contribution in [3.8, 4) is 11.5 Å². The quantitative estimate of drug-likeness (QED) is 0.383. The summed E-state index contributed by atoms with van der Waals surface area (Å²) in [6.45, 7) is 3.99. The second-order valence-corrected chi connectivity index (χ2v) is 8.61. The minimum absolute atomic E-state index is 0.252. The van der Waals surface area contributed by atoms with Gasteiger partial charge >= 0.3 is 11.9 Å². The first-order chi connectivity index (χ1) is 16.9. The lowest BCUT2D eigenvalue weighted by atomic mass is 9.98. The molecule has 35 heavy (non-hydrogen) atoms. The van der Waals surface area contributed by atoms with Crippen molar-refractivity contribution in [1.82, 2.24) is 0 Å². The number of aryl methyl sites for hydroxylation is 1. The number of aliphatic hydroxyl groups excluding tert-OH is 1. The van der Waals surface area contributed by atoms with Crippen molar-refractivity contribution in [2.75, 3.05) is 6.61 Å². The third kappa shape index (κ3) is 5.37. The van der Waals surface area contributed by atoms with Crippen molar-refractivity contribution in [3.63, 3.8) is 0 Å². The van der Waals surface area contributed by atoms with Gasteiger partial charge in [-0.3, -0.25) is 9.59 Å². The summed E-state index contributed by atoms with van der Waals surface area (Å²) in [6.07, 6.45) is -5.02. The monoisotopic (exact) mass is 486 g/mol. The normalized spacial score (nSPS) is 31.8. The number of fused-ring (bicyclic) bond motifs is 3. The number of carbonyl (C=O) groups excluding carboxylic acids is 2. The molecule has 10 nitrogen and oxygen atoms in total. The zero-order chi connectivity index (χ0) is 24.5. The molecule has 186 valence electrons. The Bertz CT molecular complexity index is 1050. The Balaban J connectivity index is 1.16. The van der Waals surface area contributed by atoms with Gasteiger partial charge in [0.1, 0.15) is 42.3 Å². The van der Waals surface area contributed by atoms with Crippen LogP contribution < -0.4 is 9.47 Å². The third-order valence-electron chi connectivity index (χ3n) is 5.94. The van der Waals surface area contributed by atoms with Gasteiger partial charge in [-0.2, -0.15) is 0 Å². The molecule has 0 radical (unpaired) electrons. The molecule has 0 aromatic heterocycles. The van der Waals surface area contributed by atoms with Crippen LogP contribution in [0.25, 0.3) is 0 Å². The van der Waals surface area contributed by atoms with E-state index in [0.717, 1.165) is 5.56 Å². The van der Waals surface area contributed by atoms with Crippen LogP contribution in [0.2, 0.25) is 0 Å². The Kier molecular flexibility index (Phi) is 6.83. The first kappa shape index (κ1) is 23.9. The number of esters is 2. The minimum atomic E-state index is -1.17. The molecular formula is C25H26O10. The Labute approximate surface area is 201 Å². The minimum Gasteiger partial charge on any atom is -0.426 e. The van der Waals surface area contributed by atoms with Gasteiger partial charge in [-0.15, -0.1) is 0 Å². The summed E-state index contributed by atoms with van der Waals surface area (Å²) in [5.74, 6) is -0.847. The van der Waals surface area contributed by atoms with Gasteiger partial charge in [0.25, 0.3) is 0 Å². The lowest BCUT2D eigenvalue weighted by Crippen LogP contribution is -2.61. The molecule has 2 aromatic rings. The Morgan fingerprint density at radius 3 is 2.11 bits per heavy atom. The summed E-state index contributed by atoms with van der Waals surface area (Å²) in [6, 6.07) is 13.4. The maximum atomic E-state index is 12.1. The summed E-state index contributed by atoms with van der Waals surface area (Å²) in [5, 5.41) is 10.3. The second-order valence-electron chi connectivity index (χ2n) is 8.61. The molecule has 7 unspecified atom stereocenters. The van der Waals surface area contributed by atoms with Gasteiger partial charge in [-0.05, 0) is 38.1 Å². The molecule has 1 N–H and O–H groups in total. The van der Waals surface area contributed by atoms with Crippen LogP contribution in [0.15, 0.2) is 48.5 Å². The average Bonchev–Trinajstić information content (AvgIpc) is 3.28. The fourth-order valence-electron chi connectivity index (χ4n) is 4.21. The standard InChI is InChI=1S/C25H26O10/c1-13-3-7-16(8-4-13)31-19(26)11-20(27)32-17-9-5-15(6-10-17)25-34-22-21-18(12-29-14(2)30-21)33-24(28)23(22)35-25/h3-10,14,18,21-25,28H,11-12H2,1-2H3. The lowest BCUT2D eigenvalue weighted by molar-refractivity contribution is -0.333. The maximum absolute atomic E-state index is 12.1. The van der Waals surface area contributed by atoms with Gasteiger partial charge in [-0.25, -0.2) is 0 Å². The van der Waals surface area contributed by atoms with E-state index in [9.17, 15) is 14.7 Å². The van der Waals surface area contributed by atoms with Gasteiger partial charge < -0.3 is 38.3 Å². The van der Waals surface area contributed by atoms with E-state index in [2.05, 4.69) is 0 Å². The van der Waals surface area contributed by atoms with E-state index in [0.29, 0.717) is 17.9 Å². The molecule has 0 spiro atoms. The number of aliphatic hydroxyl groups is 1. The predicted octanol–water partition coefficient (Wildman–Crippen LogP) is 2.16. The SMILES string of the molecule is Cc1ccc(OC(=O)CC(=O)Oc2ccc(C3OC4C(O)OC5COC(C)OC5C4O3)cc2)cc1. The van der Waals surface area contributed by atoms with Crippen LogP contribution in [0, 0.1) is 6.92 Å². The average molecular weight is 486 g/mol. The molecular weight excluding hydrogens is 460 g/mol. The topological polar surface area (TPSA) is 119 Å². The third-order valence-corrected chi connectivity index (χ3v) is 5.94. The van der Waals surface area contributed by atoms with Crippen LogP contribution >= 0.6 is 0 Å². The highest BCUT2D eigenvalue weighted by Gasteiger charge is 2.55. The lowest BCUT2D eigenvalue weighted by Gasteiger charge is -2.44. The summed E-state index contributed by atoms with van der Waals surface area (Å²) in [4.78, 5) is 24.1. The molecule has 0 amide bonds. The summed E-state index contributed by atoms with van der Waals surface area (Å²) in [5.41, 5.74) is 1.68. The summed E-state index contributed by atoms with van der Waals surface area (Å²) >= 11 is 0. The number of carbonyl (C=O) groups is 2. The van der Waals surface area contributed by atoms with Crippen LogP contribution in [-0.2, 0) is 33.3 Å². The van der Waals surface area contributed by atoms with Crippen LogP contribution in [-0.4, -0.2) is 60.6 Å². The highest BCUT2D eigenvalue weighted by Crippen LogP contribution is 2.41. The molecule has 3 aliphatic rings. The zero-order valence-electron chi connectivity index (χ0n) is 19.2. The van der Waals surface area contributed by atoms with E-state index >= 15 is 0 Å². The number of ether oxygens (including phenoxy) is 7. The number of rotatable bonds is 5. The van der Waals surface area contributed by atoms with Crippen molar-refractivity contribution in [3.05, 3.63) is 59.7 Å². The number of hydrogen-bond acceptors (Lipinski definition) is 10. The number of hydrogen-bond donors (Lipinski definition) is 1. The molecule has 3 saturated heterocycles. The van der Waals surface area contributed by atoms with Gasteiger partial charge in [0.2, 0.25) is 0 Å². The van der Waals surface area contributed by atoms with Gasteiger partial charge in [0, 0.05) is 5.56 Å². The second kappa shape index (κ2) is 10.0. The van der Waals surface area contributed by atoms with Gasteiger partial charge in [-0.1, -0.05) is 29.8 Å². The molecule has 10 heteroatoms. The summed E-state index contributed by atoms with van der Waals surface area (Å²) in [7, 11) is 0. The van der Waals surface area contributed by atoms with E-state index < -0.39 is 61.6 Å². The Morgan fingerprint density at radius 1 is 0.857 bits per heavy atom. The maximum Gasteiger partial charge on any atom is 0.322 e. The molecule has 2 aromatic carbocycles. The van der Waals surface area contributed by atoms with Crippen molar-refractivity contribution < 1.29 is 47.9 Å². The molecule has 0 saturated carbocycles. The molecule has 0 bridgehead atoms. The molecule has 3 fully saturated rings. The molecule has 3 heterocycles. The number of benzene rings is 2. The van der Waals surface area contributed by atoms with Gasteiger partial charge in [0.15, 0.2) is 18.9 Å². The fourth-order valence-corrected chi connectivity index (χ4v) is 4.21. The van der Waals surface area contributed by atoms with E-state index in [-0.39, 0.29) is 5.75 Å². The van der Waals surface area contributed by atoms with E-state index in [1.165, 1.54) is 0 Å². The van der Waals surface area contributed by atoms with E-state index in [4.69, 9.17) is 33.2 Å². The molecule has 7 atom stereocenters. The van der Waals surface area contributed by atoms with Crippen molar-refractivity contribution in [1.29, 1.82) is 0 Å². The van der Waals surface area contributed by atoms with E-state index in [1.807, 2.05) is 6.92 Å². The molecule has 0 aliphatic carbocycles. The van der Waals surface area contributed by atoms with Crippen molar-refractivity contribution in [2.45, 2.75) is 63.6 Å². The Morgan fingerprint density at radius 2 is 1.46 bits per heavy atom. The fraction of sp³-hybridized carbons (Fsp3) is 0.440. The largest absolute Gasteiger partial charge is 0.426 e. The van der Waals surface area contributed by atoms with Crippen LogP contribution in [0.4, 0.5) is 0 Å². The molecule has 3 aliphatic heterocycles. The zero-order valence-corrected chi connectivity index (χ0v) is 19.2. The van der Waals surface area contributed by atoms with Crippen LogP contribution in [0.1, 0.15) is 30.8 Å². The first-order valence-corrected chi connectivity index (χ1v) is 11.4. The Hall–Kier alpha value is -2.86. The smallest absolute Gasteiger partial charge is 0.322 e. The summed E-state index contributed by atoms with van der Waals surface area (Å²) < 4.78 is 39.2. The van der Waals surface area contributed by atoms with Gasteiger partial charge in [0.05, 0.1) is 6.61 Å². The van der Waals surface area contributed by atoms with E-state index in [1.54, 1.807) is 55.5 Å². The van der Waals surface area contributed by atoms with Crippen LogP contribution in [0.3, 0.4) is 0 Å². The first-order valence-electron chi connectivity index (χ1n) is 11.4.